The Balaban J connectivity index is 1.53. The number of nitrogens with one attached hydrogen (secondary N) is 2. The van der Waals surface area contributed by atoms with Crippen LogP contribution in [0.5, 0.6) is 11.5 Å². The molecule has 1 amide bonds. The normalized spacial score (nSPS) is 11.3. The van der Waals surface area contributed by atoms with E-state index in [-0.39, 0.29) is 17.4 Å². The number of halogens is 1. The Hall–Kier alpha value is -3.82. The Kier molecular flexibility index (Phi) is 7.69. The van der Waals surface area contributed by atoms with Crippen molar-refractivity contribution in [2.45, 2.75) is 12.1 Å². The lowest BCUT2D eigenvalue weighted by Crippen LogP contribution is -2.34. The van der Waals surface area contributed by atoms with E-state index in [1.165, 1.54) is 23.9 Å². The summed E-state index contributed by atoms with van der Waals surface area (Å²) in [5.74, 6) is 1.22. The quantitative estimate of drug-likeness (QED) is 0.164. The molecule has 1 aromatic heterocycles. The second-order valence-electron chi connectivity index (χ2n) is 7.44. The number of hydrogen-bond acceptors (Lipinski definition) is 6. The van der Waals surface area contributed by atoms with E-state index in [2.05, 4.69) is 20.7 Å². The molecule has 0 bridgehead atoms. The molecular formula is C25H22ClN5O3S. The van der Waals surface area contributed by atoms with E-state index in [4.69, 9.17) is 16.3 Å². The van der Waals surface area contributed by atoms with Gasteiger partial charge in [-0.1, -0.05) is 35.9 Å². The van der Waals surface area contributed by atoms with Crippen LogP contribution in [0.25, 0.3) is 17.1 Å². The van der Waals surface area contributed by atoms with E-state index in [0.717, 1.165) is 28.4 Å². The van der Waals surface area contributed by atoms with Crippen molar-refractivity contribution < 1.29 is 19.2 Å². The molecule has 1 heterocycles. The van der Waals surface area contributed by atoms with Gasteiger partial charge in [-0.05, 0) is 72.8 Å². The summed E-state index contributed by atoms with van der Waals surface area (Å²) in [5, 5.41) is 24.1. The number of aromatic amines is 1. The minimum atomic E-state index is -0.286. The Morgan fingerprint density at radius 2 is 1.80 bits per heavy atom. The van der Waals surface area contributed by atoms with Gasteiger partial charge in [-0.2, -0.15) is 9.67 Å². The number of thioether (sulfide) groups is 1. The van der Waals surface area contributed by atoms with Gasteiger partial charge in [0.25, 0.3) is 11.7 Å². The predicted octanol–water partition coefficient (Wildman–Crippen LogP) is 3.72. The van der Waals surface area contributed by atoms with Crippen molar-refractivity contribution in [1.82, 2.24) is 15.6 Å². The molecule has 0 aliphatic carbocycles. The van der Waals surface area contributed by atoms with Gasteiger partial charge < -0.3 is 9.84 Å². The van der Waals surface area contributed by atoms with E-state index in [0.29, 0.717) is 15.9 Å². The maximum atomic E-state index is 12.5. The molecule has 0 radical (unpaired) electrons. The molecule has 4 rings (SSSR count). The van der Waals surface area contributed by atoms with Gasteiger partial charge in [0.15, 0.2) is 0 Å². The molecule has 0 aliphatic heterocycles. The van der Waals surface area contributed by atoms with Gasteiger partial charge in [-0.3, -0.25) is 4.79 Å². The van der Waals surface area contributed by atoms with Crippen LogP contribution in [0.3, 0.4) is 0 Å². The first-order chi connectivity index (χ1) is 16.9. The zero-order valence-electron chi connectivity index (χ0n) is 19.0. The van der Waals surface area contributed by atoms with E-state index in [1.807, 2.05) is 41.0 Å². The lowest BCUT2D eigenvalue weighted by atomic mass is 10.1. The van der Waals surface area contributed by atoms with Gasteiger partial charge in [0.1, 0.15) is 11.4 Å². The van der Waals surface area contributed by atoms with Crippen LogP contribution in [-0.2, 0) is 4.79 Å². The van der Waals surface area contributed by atoms with Crippen molar-refractivity contribution in [1.29, 1.82) is 0 Å². The summed E-state index contributed by atoms with van der Waals surface area (Å²) >= 11 is 7.35. The van der Waals surface area contributed by atoms with Crippen LogP contribution >= 0.6 is 23.4 Å². The molecule has 178 valence electrons. The van der Waals surface area contributed by atoms with Gasteiger partial charge in [0, 0.05) is 5.02 Å². The minimum absolute atomic E-state index is 0.0796. The number of rotatable bonds is 8. The summed E-state index contributed by atoms with van der Waals surface area (Å²) in [6, 6.07) is 21.2. The first-order valence-corrected chi connectivity index (χ1v) is 11.9. The molecule has 0 fully saturated rings. The standard InChI is InChI=1S/C25H22ClN5O3S/c1-16(17-3-11-21(32)12-4-17)27-28-23(33)15-35-25-30-29-24(18-5-13-22(34-2)14-6-18)31(25)20-9-7-19(26)8-10-20/h3-14H,15H2,1-2H3,(H2,27,28,32,33). The van der Waals surface area contributed by atoms with Crippen LogP contribution in [0.15, 0.2) is 83.1 Å². The number of aromatic nitrogens is 3. The largest absolute Gasteiger partial charge is 0.872 e. The van der Waals surface area contributed by atoms with Gasteiger partial charge in [0.05, 0.1) is 29.2 Å². The molecule has 0 atom stereocenters. The number of carbonyl (C=O) groups is 1. The number of benzene rings is 3. The average Bonchev–Trinajstić information content (AvgIpc) is 3.31. The van der Waals surface area contributed by atoms with Crippen molar-refractivity contribution >= 4 is 35.0 Å². The molecule has 35 heavy (non-hydrogen) atoms. The summed E-state index contributed by atoms with van der Waals surface area (Å²) in [6.45, 7) is 1.76. The Labute approximate surface area is 211 Å². The fourth-order valence-electron chi connectivity index (χ4n) is 3.23. The zero-order valence-corrected chi connectivity index (χ0v) is 20.6. The third-order valence-corrected chi connectivity index (χ3v) is 6.26. The molecule has 3 aromatic carbocycles. The molecule has 0 saturated carbocycles. The molecular weight excluding hydrogens is 486 g/mol. The second kappa shape index (κ2) is 11.1. The molecule has 0 spiro atoms. The van der Waals surface area contributed by atoms with E-state index in [9.17, 15) is 9.90 Å². The fourth-order valence-corrected chi connectivity index (χ4v) is 4.12. The van der Waals surface area contributed by atoms with Gasteiger partial charge in [0.2, 0.25) is 0 Å². The van der Waals surface area contributed by atoms with E-state index >= 15 is 0 Å². The molecule has 4 aromatic rings. The highest BCUT2D eigenvalue weighted by Crippen LogP contribution is 2.23. The molecule has 8 nitrogen and oxygen atoms in total. The second-order valence-corrected chi connectivity index (χ2v) is 8.82. The van der Waals surface area contributed by atoms with Gasteiger partial charge >= 0.3 is 5.16 Å². The van der Waals surface area contributed by atoms with Crippen LogP contribution in [0.4, 0.5) is 0 Å². The van der Waals surface area contributed by atoms with Crippen LogP contribution in [0.2, 0.25) is 5.02 Å². The maximum Gasteiger partial charge on any atom is 0.342 e. The monoisotopic (exact) mass is 507 g/mol. The highest BCUT2D eigenvalue weighted by Gasteiger charge is 2.24. The smallest absolute Gasteiger partial charge is 0.342 e. The first-order valence-electron chi connectivity index (χ1n) is 10.6. The number of H-pyrrole nitrogens is 1. The molecule has 10 heteroatoms. The number of methoxy groups -OCH3 is 1. The molecule has 0 aliphatic rings. The van der Waals surface area contributed by atoms with Gasteiger partial charge in [-0.25, -0.2) is 5.43 Å². The highest BCUT2D eigenvalue weighted by atomic mass is 35.5. The summed E-state index contributed by atoms with van der Waals surface area (Å²) in [6.07, 6.45) is 0. The number of ether oxygens (including phenoxy) is 1. The zero-order chi connectivity index (χ0) is 24.8. The summed E-state index contributed by atoms with van der Waals surface area (Å²) in [7, 11) is 1.62. The van der Waals surface area contributed by atoms with E-state index < -0.39 is 0 Å². The highest BCUT2D eigenvalue weighted by molar-refractivity contribution is 7.99. The van der Waals surface area contributed by atoms with Crippen molar-refractivity contribution in [2.75, 3.05) is 12.9 Å². The Morgan fingerprint density at radius 1 is 1.11 bits per heavy atom. The van der Waals surface area contributed by atoms with Crippen molar-refractivity contribution in [3.63, 3.8) is 0 Å². The van der Waals surface area contributed by atoms with Gasteiger partial charge in [-0.15, -0.1) is 10.8 Å². The molecule has 0 unspecified atom stereocenters. The number of hydrogen-bond donors (Lipinski definition) is 2. The third-order valence-electron chi connectivity index (χ3n) is 5.07. The topological polar surface area (TPSA) is 106 Å². The van der Waals surface area contributed by atoms with Crippen molar-refractivity contribution in [3.8, 4) is 28.6 Å². The number of nitrogens with zero attached hydrogens (tertiary/aromatic N) is 3. The lowest BCUT2D eigenvalue weighted by Gasteiger charge is -2.07. The predicted molar refractivity (Wildman–Crippen MR) is 134 cm³/mol. The Morgan fingerprint density at radius 3 is 2.46 bits per heavy atom. The third kappa shape index (κ3) is 6.00. The number of carbonyl (C=O) groups excluding carboxylic acids is 1. The SMILES string of the molecule is COc1ccc(-c2[nH]nc(SCC(=O)NN=C(C)c3ccc([O-])cc3)[n+]2-c2ccc(Cl)cc2)cc1. The minimum Gasteiger partial charge on any atom is -0.872 e. The molecule has 0 saturated heterocycles. The lowest BCUT2D eigenvalue weighted by molar-refractivity contribution is -0.625. The van der Waals surface area contributed by atoms with Crippen LogP contribution in [0, 0.1) is 0 Å². The summed E-state index contributed by atoms with van der Waals surface area (Å²) in [4.78, 5) is 12.5. The number of hydrazone groups is 1. The number of amides is 1. The molecule has 2 N–H and O–H groups in total. The Bertz CT molecular complexity index is 1340. The fraction of sp³-hybridized carbons (Fsp3) is 0.120. The summed E-state index contributed by atoms with van der Waals surface area (Å²) in [5.41, 5.74) is 5.65. The van der Waals surface area contributed by atoms with Crippen LogP contribution in [0.1, 0.15) is 12.5 Å². The van der Waals surface area contributed by atoms with Crippen molar-refractivity contribution in [3.05, 3.63) is 83.4 Å². The average molecular weight is 508 g/mol. The summed E-state index contributed by atoms with van der Waals surface area (Å²) < 4.78 is 7.18. The maximum absolute atomic E-state index is 12.5. The first kappa shape index (κ1) is 24.3. The van der Waals surface area contributed by atoms with E-state index in [1.54, 1.807) is 38.3 Å². The van der Waals surface area contributed by atoms with Crippen LogP contribution < -0.4 is 19.8 Å². The van der Waals surface area contributed by atoms with Crippen molar-refractivity contribution in [2.24, 2.45) is 5.10 Å². The van der Waals surface area contributed by atoms with Crippen LogP contribution in [-0.4, -0.2) is 34.7 Å².